The van der Waals surface area contributed by atoms with Gasteiger partial charge in [0.05, 0.1) is 10.6 Å². The number of halogens is 2. The molecule has 0 aliphatic carbocycles. The molecule has 2 aromatic rings. The quantitative estimate of drug-likeness (QED) is 0.651. The molecule has 0 aromatic heterocycles. The number of hydrogen-bond donors (Lipinski definition) is 1. The summed E-state index contributed by atoms with van der Waals surface area (Å²) in [6.07, 6.45) is 1.79. The second-order valence-corrected chi connectivity index (χ2v) is 7.96. The number of fused-ring (bicyclic) bond motifs is 1. The van der Waals surface area contributed by atoms with Gasteiger partial charge in [0, 0.05) is 9.50 Å². The second-order valence-electron chi connectivity index (χ2n) is 5.64. The summed E-state index contributed by atoms with van der Waals surface area (Å²) in [5.41, 5.74) is 2.54. The molecule has 0 saturated carbocycles. The van der Waals surface area contributed by atoms with Crippen LogP contribution in [0.15, 0.2) is 44.7 Å². The van der Waals surface area contributed by atoms with Crippen molar-refractivity contribution in [3.63, 3.8) is 0 Å². The molecule has 2 aliphatic heterocycles. The van der Waals surface area contributed by atoms with E-state index in [0.29, 0.717) is 26.6 Å². The Morgan fingerprint density at radius 3 is 2.81 bits per heavy atom. The molecule has 8 heteroatoms. The highest BCUT2D eigenvalue weighted by Gasteiger charge is 2.25. The van der Waals surface area contributed by atoms with Gasteiger partial charge < -0.3 is 14.8 Å². The Kier molecular flexibility index (Phi) is 4.69. The van der Waals surface area contributed by atoms with Crippen molar-refractivity contribution in [3.05, 3.63) is 55.9 Å². The van der Waals surface area contributed by atoms with E-state index in [-0.39, 0.29) is 12.7 Å². The summed E-state index contributed by atoms with van der Waals surface area (Å²) in [6.45, 7) is 2.13. The van der Waals surface area contributed by atoms with E-state index in [9.17, 15) is 4.79 Å². The summed E-state index contributed by atoms with van der Waals surface area (Å²) in [5.74, 6) is 1.15. The molecule has 2 aliphatic rings. The van der Waals surface area contributed by atoms with Crippen molar-refractivity contribution >= 4 is 62.1 Å². The van der Waals surface area contributed by atoms with Gasteiger partial charge in [0.1, 0.15) is 0 Å². The number of amidine groups is 1. The fraction of sp³-hybridized carbons (Fsp3) is 0.111. The molecule has 0 atom stereocenters. The summed E-state index contributed by atoms with van der Waals surface area (Å²) in [5, 5.41) is 3.97. The van der Waals surface area contributed by atoms with Crippen LogP contribution >= 0.6 is 39.3 Å². The average Bonchev–Trinajstić information content (AvgIpc) is 3.17. The van der Waals surface area contributed by atoms with Gasteiger partial charge in [-0.3, -0.25) is 4.79 Å². The fourth-order valence-electron chi connectivity index (χ4n) is 2.52. The zero-order chi connectivity index (χ0) is 18.3. The van der Waals surface area contributed by atoms with Crippen LogP contribution in [0.5, 0.6) is 11.5 Å². The first-order valence-corrected chi connectivity index (χ1v) is 9.63. The number of hydrogen-bond acceptors (Lipinski definition) is 5. The Morgan fingerprint density at radius 1 is 1.27 bits per heavy atom. The lowest BCUT2D eigenvalue weighted by Crippen LogP contribution is -2.19. The Bertz CT molecular complexity index is 991. The van der Waals surface area contributed by atoms with E-state index in [4.69, 9.17) is 21.1 Å². The van der Waals surface area contributed by atoms with E-state index in [1.165, 1.54) is 11.8 Å². The summed E-state index contributed by atoms with van der Waals surface area (Å²) in [7, 11) is 0. The third-order valence-electron chi connectivity index (χ3n) is 3.81. The number of ether oxygens (including phenoxy) is 2. The summed E-state index contributed by atoms with van der Waals surface area (Å²) >= 11 is 10.8. The van der Waals surface area contributed by atoms with Gasteiger partial charge in [-0.15, -0.1) is 0 Å². The fourth-order valence-corrected chi connectivity index (χ4v) is 4.01. The van der Waals surface area contributed by atoms with E-state index < -0.39 is 0 Å². The van der Waals surface area contributed by atoms with Crippen LogP contribution in [-0.4, -0.2) is 17.9 Å². The van der Waals surface area contributed by atoms with Crippen LogP contribution in [-0.2, 0) is 4.79 Å². The largest absolute Gasteiger partial charge is 0.454 e. The molecule has 132 valence electrons. The van der Waals surface area contributed by atoms with Gasteiger partial charge in [0.2, 0.25) is 6.79 Å². The number of aliphatic imine (C=N–C) groups is 1. The molecule has 5 nitrogen and oxygen atoms in total. The molecule has 0 radical (unpaired) electrons. The van der Waals surface area contributed by atoms with E-state index in [0.717, 1.165) is 21.3 Å². The summed E-state index contributed by atoms with van der Waals surface area (Å²) in [4.78, 5) is 17.4. The lowest BCUT2D eigenvalue weighted by atomic mass is 10.2. The first-order chi connectivity index (χ1) is 12.5. The first kappa shape index (κ1) is 17.5. The SMILES string of the molecule is Cc1cc(Cl)ccc1N=C1NC(=O)/C(=C/c2cc3c(cc2Br)OCO3)S1. The highest BCUT2D eigenvalue weighted by atomic mass is 79.9. The Labute approximate surface area is 167 Å². The van der Waals surface area contributed by atoms with Crippen molar-refractivity contribution in [2.24, 2.45) is 4.99 Å². The Morgan fingerprint density at radius 2 is 2.04 bits per heavy atom. The number of amides is 1. The maximum atomic E-state index is 12.3. The van der Waals surface area contributed by atoms with Crippen LogP contribution in [0.3, 0.4) is 0 Å². The monoisotopic (exact) mass is 450 g/mol. The molecule has 0 unspecified atom stereocenters. The van der Waals surface area contributed by atoms with Crippen LogP contribution in [0.4, 0.5) is 5.69 Å². The zero-order valence-electron chi connectivity index (χ0n) is 13.5. The lowest BCUT2D eigenvalue weighted by molar-refractivity contribution is -0.115. The van der Waals surface area contributed by atoms with E-state index >= 15 is 0 Å². The minimum atomic E-state index is -0.190. The maximum Gasteiger partial charge on any atom is 0.264 e. The number of thioether (sulfide) groups is 1. The number of nitrogens with zero attached hydrogens (tertiary/aromatic N) is 1. The van der Waals surface area contributed by atoms with Crippen molar-refractivity contribution < 1.29 is 14.3 Å². The molecular weight excluding hydrogens is 440 g/mol. The van der Waals surface area contributed by atoms with E-state index in [2.05, 4.69) is 26.2 Å². The van der Waals surface area contributed by atoms with Gasteiger partial charge >= 0.3 is 0 Å². The van der Waals surface area contributed by atoms with Gasteiger partial charge in [-0.05, 0) is 66.2 Å². The first-order valence-electron chi connectivity index (χ1n) is 7.64. The van der Waals surface area contributed by atoms with Crippen molar-refractivity contribution in [1.29, 1.82) is 0 Å². The number of aryl methyl sites for hydroxylation is 1. The predicted molar refractivity (Wildman–Crippen MR) is 107 cm³/mol. The molecule has 0 bridgehead atoms. The van der Waals surface area contributed by atoms with Gasteiger partial charge in [0.25, 0.3) is 5.91 Å². The molecule has 2 heterocycles. The minimum Gasteiger partial charge on any atom is -0.454 e. The molecule has 4 rings (SSSR count). The molecule has 1 amide bonds. The van der Waals surface area contributed by atoms with Crippen LogP contribution < -0.4 is 14.8 Å². The van der Waals surface area contributed by atoms with Crippen molar-refractivity contribution in [2.75, 3.05) is 6.79 Å². The van der Waals surface area contributed by atoms with Gasteiger partial charge in [-0.1, -0.05) is 27.5 Å². The van der Waals surface area contributed by atoms with Crippen molar-refractivity contribution in [3.8, 4) is 11.5 Å². The van der Waals surface area contributed by atoms with Gasteiger partial charge in [0.15, 0.2) is 16.7 Å². The average molecular weight is 452 g/mol. The molecular formula is C18H12BrClN2O3S. The number of carbonyl (C=O) groups excluding carboxylic acids is 1. The third-order valence-corrected chi connectivity index (χ3v) is 5.64. The normalized spacial score (nSPS) is 18.7. The summed E-state index contributed by atoms with van der Waals surface area (Å²) in [6, 6.07) is 9.11. The lowest BCUT2D eigenvalue weighted by Gasteiger charge is -2.02. The van der Waals surface area contributed by atoms with E-state index in [1.54, 1.807) is 12.1 Å². The number of benzene rings is 2. The van der Waals surface area contributed by atoms with Crippen LogP contribution in [0, 0.1) is 6.92 Å². The van der Waals surface area contributed by atoms with Crippen molar-refractivity contribution in [1.82, 2.24) is 5.32 Å². The Hall–Kier alpha value is -1.96. The van der Waals surface area contributed by atoms with E-state index in [1.807, 2.05) is 31.2 Å². The topological polar surface area (TPSA) is 59.9 Å². The minimum absolute atomic E-state index is 0.190. The molecule has 1 saturated heterocycles. The zero-order valence-corrected chi connectivity index (χ0v) is 16.7. The second kappa shape index (κ2) is 6.98. The summed E-state index contributed by atoms with van der Waals surface area (Å²) < 4.78 is 11.6. The number of carbonyl (C=O) groups is 1. The number of rotatable bonds is 2. The highest BCUT2D eigenvalue weighted by molar-refractivity contribution is 9.10. The van der Waals surface area contributed by atoms with Gasteiger partial charge in [-0.25, -0.2) is 4.99 Å². The highest BCUT2D eigenvalue weighted by Crippen LogP contribution is 2.39. The van der Waals surface area contributed by atoms with Crippen LogP contribution in [0.2, 0.25) is 5.02 Å². The Balaban J connectivity index is 1.62. The van der Waals surface area contributed by atoms with Crippen molar-refractivity contribution in [2.45, 2.75) is 6.92 Å². The molecule has 2 aromatic carbocycles. The molecule has 1 N–H and O–H groups in total. The predicted octanol–water partition coefficient (Wildman–Crippen LogP) is 5.03. The molecule has 0 spiro atoms. The number of nitrogens with one attached hydrogen (secondary N) is 1. The van der Waals surface area contributed by atoms with Crippen LogP contribution in [0.25, 0.3) is 6.08 Å². The smallest absolute Gasteiger partial charge is 0.264 e. The standard InChI is InChI=1S/C18H12BrClN2O3S/c1-9-4-11(20)2-3-13(9)21-18-22-17(23)16(26-18)6-10-5-14-15(7-12(10)19)25-8-24-14/h2-7H,8H2,1H3,(H,21,22,23)/b16-6-. The third kappa shape index (κ3) is 3.47. The van der Waals surface area contributed by atoms with Gasteiger partial charge in [-0.2, -0.15) is 0 Å². The maximum absolute atomic E-state index is 12.3. The molecule has 1 fully saturated rings. The molecule has 26 heavy (non-hydrogen) atoms. The van der Waals surface area contributed by atoms with Crippen LogP contribution in [0.1, 0.15) is 11.1 Å².